The molecule has 2 heterocycles. The number of nitrogens with zero attached hydrogens (tertiary/aromatic N) is 2. The lowest BCUT2D eigenvalue weighted by atomic mass is 9.74. The van der Waals surface area contributed by atoms with Crippen molar-refractivity contribution < 1.29 is 8.42 Å². The van der Waals surface area contributed by atoms with Gasteiger partial charge < -0.3 is 10.2 Å². The monoisotopic (exact) mass is 381 g/mol. The standard InChI is InChI=1S/C20H35N3O2S/c1-2-12-21-19(22-15-18-8-14-26(24,25)16-18)23-13-7-11-20(17-23)9-5-3-4-6-10-20/h2,18H,1,3-17H2,(H,21,22). The Balaban J connectivity index is 1.67. The molecule has 0 amide bonds. The van der Waals surface area contributed by atoms with Crippen LogP contribution < -0.4 is 5.32 Å². The highest BCUT2D eigenvalue weighted by Gasteiger charge is 2.36. The fourth-order valence-corrected chi connectivity index (χ4v) is 6.79. The van der Waals surface area contributed by atoms with Crippen molar-refractivity contribution in [3.05, 3.63) is 12.7 Å². The molecule has 1 aliphatic carbocycles. The molecular formula is C20H35N3O2S. The first-order valence-corrected chi connectivity index (χ1v) is 12.2. The fourth-order valence-electron chi connectivity index (χ4n) is 4.94. The molecule has 0 bridgehead atoms. The molecule has 26 heavy (non-hydrogen) atoms. The third-order valence-electron chi connectivity index (χ3n) is 6.36. The molecule has 0 aromatic rings. The van der Waals surface area contributed by atoms with E-state index in [0.717, 1.165) is 25.5 Å². The minimum absolute atomic E-state index is 0.178. The lowest BCUT2D eigenvalue weighted by Gasteiger charge is -2.44. The van der Waals surface area contributed by atoms with Crippen LogP contribution in [0.4, 0.5) is 0 Å². The smallest absolute Gasteiger partial charge is 0.194 e. The van der Waals surface area contributed by atoms with Gasteiger partial charge in [0.25, 0.3) is 0 Å². The molecule has 3 aliphatic rings. The Kier molecular flexibility index (Phi) is 6.65. The van der Waals surface area contributed by atoms with Gasteiger partial charge in [-0.15, -0.1) is 6.58 Å². The molecule has 1 atom stereocenters. The molecule has 3 fully saturated rings. The molecule has 6 heteroatoms. The van der Waals surface area contributed by atoms with E-state index in [1.807, 2.05) is 6.08 Å². The topological polar surface area (TPSA) is 61.8 Å². The van der Waals surface area contributed by atoms with Crippen molar-refractivity contribution in [2.75, 3.05) is 37.7 Å². The normalized spacial score (nSPS) is 28.7. The van der Waals surface area contributed by atoms with Crippen LogP contribution in [0.15, 0.2) is 17.6 Å². The minimum Gasteiger partial charge on any atom is -0.353 e. The van der Waals surface area contributed by atoms with Gasteiger partial charge in [-0.05, 0) is 43.4 Å². The molecule has 0 radical (unpaired) electrons. The number of guanidine groups is 1. The van der Waals surface area contributed by atoms with Crippen molar-refractivity contribution in [3.8, 4) is 0 Å². The number of rotatable bonds is 4. The molecule has 2 aliphatic heterocycles. The molecule has 2 saturated heterocycles. The van der Waals surface area contributed by atoms with Crippen molar-refractivity contribution in [1.82, 2.24) is 10.2 Å². The van der Waals surface area contributed by atoms with Gasteiger partial charge in [0, 0.05) is 26.2 Å². The van der Waals surface area contributed by atoms with Crippen LogP contribution in [0, 0.1) is 11.3 Å². The van der Waals surface area contributed by atoms with Gasteiger partial charge in [0.15, 0.2) is 15.8 Å². The Labute approximate surface area is 159 Å². The van der Waals surface area contributed by atoms with Crippen LogP contribution in [0.2, 0.25) is 0 Å². The fraction of sp³-hybridized carbons (Fsp3) is 0.850. The van der Waals surface area contributed by atoms with Gasteiger partial charge in [-0.1, -0.05) is 31.8 Å². The maximum Gasteiger partial charge on any atom is 0.194 e. The number of piperidine rings is 1. The van der Waals surface area contributed by atoms with Gasteiger partial charge in [0.05, 0.1) is 11.5 Å². The van der Waals surface area contributed by atoms with Gasteiger partial charge in [0.1, 0.15) is 0 Å². The Bertz CT molecular complexity index is 607. The molecule has 0 aromatic carbocycles. The Morgan fingerprint density at radius 2 is 1.92 bits per heavy atom. The molecule has 0 aromatic heterocycles. The molecule has 1 spiro atoms. The highest BCUT2D eigenvalue weighted by atomic mass is 32.2. The summed E-state index contributed by atoms with van der Waals surface area (Å²) in [4.78, 5) is 7.29. The molecular weight excluding hydrogens is 346 g/mol. The van der Waals surface area contributed by atoms with Gasteiger partial charge in [-0.2, -0.15) is 0 Å². The van der Waals surface area contributed by atoms with E-state index in [2.05, 4.69) is 16.8 Å². The highest BCUT2D eigenvalue weighted by molar-refractivity contribution is 7.91. The van der Waals surface area contributed by atoms with Crippen molar-refractivity contribution >= 4 is 15.8 Å². The van der Waals surface area contributed by atoms with Crippen molar-refractivity contribution in [3.63, 3.8) is 0 Å². The first-order valence-electron chi connectivity index (χ1n) is 10.4. The Hall–Kier alpha value is -1.04. The van der Waals surface area contributed by atoms with Crippen LogP contribution in [-0.2, 0) is 9.84 Å². The predicted octanol–water partition coefficient (Wildman–Crippen LogP) is 2.99. The predicted molar refractivity (Wildman–Crippen MR) is 108 cm³/mol. The third-order valence-corrected chi connectivity index (χ3v) is 8.19. The van der Waals surface area contributed by atoms with Crippen LogP contribution in [0.1, 0.15) is 57.8 Å². The van der Waals surface area contributed by atoms with E-state index >= 15 is 0 Å². The van der Waals surface area contributed by atoms with E-state index in [0.29, 0.717) is 30.0 Å². The van der Waals surface area contributed by atoms with Crippen LogP contribution in [0.3, 0.4) is 0 Å². The Morgan fingerprint density at radius 1 is 1.19 bits per heavy atom. The van der Waals surface area contributed by atoms with E-state index in [1.165, 1.54) is 51.4 Å². The van der Waals surface area contributed by atoms with Crippen molar-refractivity contribution in [1.29, 1.82) is 0 Å². The SMILES string of the molecule is C=CCNC(=NCC1CCS(=O)(=O)C1)N1CCCC2(CCCCCC2)C1. The molecule has 1 saturated carbocycles. The van der Waals surface area contributed by atoms with Gasteiger partial charge in [-0.3, -0.25) is 4.99 Å². The third kappa shape index (κ3) is 5.24. The molecule has 3 rings (SSSR count). The van der Waals surface area contributed by atoms with Gasteiger partial charge in [0.2, 0.25) is 0 Å². The van der Waals surface area contributed by atoms with Crippen molar-refractivity contribution in [2.45, 2.75) is 57.8 Å². The summed E-state index contributed by atoms with van der Waals surface area (Å²) >= 11 is 0. The zero-order valence-electron chi connectivity index (χ0n) is 16.1. The summed E-state index contributed by atoms with van der Waals surface area (Å²) in [6, 6.07) is 0. The van der Waals surface area contributed by atoms with E-state index in [9.17, 15) is 8.42 Å². The van der Waals surface area contributed by atoms with E-state index < -0.39 is 9.84 Å². The average Bonchev–Trinajstić information content (AvgIpc) is 2.82. The first-order chi connectivity index (χ1) is 12.5. The summed E-state index contributed by atoms with van der Waals surface area (Å²) in [5.41, 5.74) is 0.460. The quantitative estimate of drug-likeness (QED) is 0.462. The summed E-state index contributed by atoms with van der Waals surface area (Å²) in [7, 11) is -2.83. The number of nitrogens with one attached hydrogen (secondary N) is 1. The zero-order valence-corrected chi connectivity index (χ0v) is 16.9. The number of sulfone groups is 1. The summed E-state index contributed by atoms with van der Waals surface area (Å²) in [6.07, 6.45) is 13.4. The summed E-state index contributed by atoms with van der Waals surface area (Å²) in [5.74, 6) is 1.76. The average molecular weight is 382 g/mol. The zero-order chi connectivity index (χ0) is 18.5. The van der Waals surface area contributed by atoms with Crippen LogP contribution in [0.5, 0.6) is 0 Å². The minimum atomic E-state index is -2.83. The Morgan fingerprint density at radius 3 is 2.58 bits per heavy atom. The second kappa shape index (κ2) is 8.77. The number of hydrogen-bond donors (Lipinski definition) is 1. The van der Waals surface area contributed by atoms with Crippen LogP contribution >= 0.6 is 0 Å². The molecule has 5 nitrogen and oxygen atoms in total. The second-order valence-corrected chi connectivity index (χ2v) is 10.8. The van der Waals surface area contributed by atoms with Crippen LogP contribution in [-0.4, -0.2) is 57.0 Å². The number of hydrogen-bond acceptors (Lipinski definition) is 3. The molecule has 1 N–H and O–H groups in total. The summed E-state index contributed by atoms with van der Waals surface area (Å²) in [6.45, 7) is 7.27. The lowest BCUT2D eigenvalue weighted by Crippen LogP contribution is -2.50. The lowest BCUT2D eigenvalue weighted by molar-refractivity contribution is 0.115. The molecule has 148 valence electrons. The molecule has 1 unspecified atom stereocenters. The first kappa shape index (κ1) is 19.7. The maximum absolute atomic E-state index is 11.7. The second-order valence-electron chi connectivity index (χ2n) is 8.54. The van der Waals surface area contributed by atoms with Crippen LogP contribution in [0.25, 0.3) is 0 Å². The largest absolute Gasteiger partial charge is 0.353 e. The summed E-state index contributed by atoms with van der Waals surface area (Å²) < 4.78 is 23.4. The van der Waals surface area contributed by atoms with E-state index in [4.69, 9.17) is 4.99 Å². The van der Waals surface area contributed by atoms with Crippen molar-refractivity contribution in [2.24, 2.45) is 16.3 Å². The van der Waals surface area contributed by atoms with Gasteiger partial charge in [-0.25, -0.2) is 8.42 Å². The van der Waals surface area contributed by atoms with E-state index in [1.54, 1.807) is 0 Å². The number of likely N-dealkylation sites (tertiary alicyclic amines) is 1. The summed E-state index contributed by atoms with van der Waals surface area (Å²) in [5, 5.41) is 3.43. The van der Waals surface area contributed by atoms with Gasteiger partial charge >= 0.3 is 0 Å². The number of aliphatic imine (C=N–C) groups is 1. The van der Waals surface area contributed by atoms with E-state index in [-0.39, 0.29) is 5.92 Å². The highest BCUT2D eigenvalue weighted by Crippen LogP contribution is 2.42. The maximum atomic E-state index is 11.7.